The topological polar surface area (TPSA) is 9.23 Å². The van der Waals surface area contributed by atoms with Gasteiger partial charge in [-0.15, -0.1) is 23.2 Å². The van der Waals surface area contributed by atoms with E-state index in [1.807, 2.05) is 24.3 Å². The summed E-state index contributed by atoms with van der Waals surface area (Å²) in [7, 11) is 0. The van der Waals surface area contributed by atoms with E-state index < -0.39 is 0 Å². The highest BCUT2D eigenvalue weighted by Gasteiger charge is 1.94. The Hall–Kier alpha value is -0.400. The Kier molecular flexibility index (Phi) is 5.81. The fourth-order valence-electron chi connectivity index (χ4n) is 1.06. The molecule has 0 bridgehead atoms. The lowest BCUT2D eigenvalue weighted by Gasteiger charge is -2.05. The summed E-state index contributed by atoms with van der Waals surface area (Å²) < 4.78 is 5.51. The molecular weight excluding hydrogens is 219 g/mol. The van der Waals surface area contributed by atoms with Gasteiger partial charge in [-0.1, -0.05) is 12.1 Å². The number of benzene rings is 1. The molecule has 0 aromatic heterocycles. The number of hydrogen-bond donors (Lipinski definition) is 0. The first kappa shape index (κ1) is 11.7. The van der Waals surface area contributed by atoms with Crippen LogP contribution < -0.4 is 4.74 Å². The van der Waals surface area contributed by atoms with Crippen LogP contribution in [0.15, 0.2) is 24.3 Å². The summed E-state index contributed by atoms with van der Waals surface area (Å²) in [5.41, 5.74) is 1.11. The van der Waals surface area contributed by atoms with Gasteiger partial charge in [-0.25, -0.2) is 0 Å². The predicted molar refractivity (Wildman–Crippen MR) is 61.4 cm³/mol. The maximum absolute atomic E-state index is 5.67. The number of hydrogen-bond acceptors (Lipinski definition) is 1. The molecule has 0 heterocycles. The Morgan fingerprint density at radius 3 is 2.29 bits per heavy atom. The fraction of sp³-hybridized carbons (Fsp3) is 0.455. The van der Waals surface area contributed by atoms with Gasteiger partial charge in [-0.2, -0.15) is 0 Å². The summed E-state index contributed by atoms with van der Waals surface area (Å²) >= 11 is 11.2. The van der Waals surface area contributed by atoms with Crippen molar-refractivity contribution in [2.75, 3.05) is 12.5 Å². The van der Waals surface area contributed by atoms with E-state index in [2.05, 4.69) is 0 Å². The van der Waals surface area contributed by atoms with E-state index in [1.54, 1.807) is 0 Å². The molecule has 1 aromatic rings. The minimum atomic E-state index is 0.548. The lowest BCUT2D eigenvalue weighted by molar-refractivity contribution is 0.309. The van der Waals surface area contributed by atoms with E-state index in [1.165, 1.54) is 0 Å². The molecule has 78 valence electrons. The van der Waals surface area contributed by atoms with Crippen LogP contribution in [0.4, 0.5) is 0 Å². The lowest BCUT2D eigenvalue weighted by atomic mass is 10.2. The minimum Gasteiger partial charge on any atom is -0.494 e. The van der Waals surface area contributed by atoms with Crippen molar-refractivity contribution in [3.8, 4) is 5.75 Å². The van der Waals surface area contributed by atoms with Crippen LogP contribution in [0.3, 0.4) is 0 Å². The van der Waals surface area contributed by atoms with Gasteiger partial charge < -0.3 is 4.74 Å². The smallest absolute Gasteiger partial charge is 0.119 e. The van der Waals surface area contributed by atoms with Crippen LogP contribution >= 0.6 is 23.2 Å². The van der Waals surface area contributed by atoms with Crippen LogP contribution in [-0.4, -0.2) is 12.5 Å². The van der Waals surface area contributed by atoms with Crippen molar-refractivity contribution in [1.29, 1.82) is 0 Å². The van der Waals surface area contributed by atoms with E-state index in [0.717, 1.165) is 30.8 Å². The Balaban J connectivity index is 2.29. The van der Waals surface area contributed by atoms with E-state index in [0.29, 0.717) is 11.8 Å². The van der Waals surface area contributed by atoms with Gasteiger partial charge in [0.15, 0.2) is 0 Å². The van der Waals surface area contributed by atoms with Crippen LogP contribution in [0.5, 0.6) is 5.75 Å². The molecule has 0 N–H and O–H groups in total. The average molecular weight is 233 g/mol. The first-order chi connectivity index (χ1) is 6.86. The molecule has 0 aliphatic carbocycles. The molecule has 14 heavy (non-hydrogen) atoms. The number of unbranched alkanes of at least 4 members (excludes halogenated alkanes) is 1. The highest BCUT2D eigenvalue weighted by atomic mass is 35.5. The SMILES string of the molecule is ClCCCCOc1ccc(CCl)cc1. The highest BCUT2D eigenvalue weighted by Crippen LogP contribution is 2.13. The molecule has 0 aliphatic rings. The van der Waals surface area contributed by atoms with Crippen molar-refractivity contribution in [2.45, 2.75) is 18.7 Å². The molecule has 0 amide bonds. The second kappa shape index (κ2) is 6.97. The lowest BCUT2D eigenvalue weighted by Crippen LogP contribution is -1.97. The van der Waals surface area contributed by atoms with Crippen molar-refractivity contribution >= 4 is 23.2 Å². The van der Waals surface area contributed by atoms with Gasteiger partial charge in [0.1, 0.15) is 5.75 Å². The molecule has 1 nitrogen and oxygen atoms in total. The van der Waals surface area contributed by atoms with Crippen LogP contribution in [0, 0.1) is 0 Å². The zero-order valence-corrected chi connectivity index (χ0v) is 9.52. The van der Waals surface area contributed by atoms with Gasteiger partial charge in [-0.05, 0) is 30.5 Å². The highest BCUT2D eigenvalue weighted by molar-refractivity contribution is 6.17. The molecule has 0 saturated heterocycles. The quantitative estimate of drug-likeness (QED) is 0.536. The molecule has 0 fully saturated rings. The second-order valence-corrected chi connectivity index (χ2v) is 3.67. The first-order valence-electron chi connectivity index (χ1n) is 4.70. The monoisotopic (exact) mass is 232 g/mol. The zero-order valence-electron chi connectivity index (χ0n) is 8.01. The van der Waals surface area contributed by atoms with Crippen LogP contribution in [0.25, 0.3) is 0 Å². The molecule has 0 unspecified atom stereocenters. The number of rotatable bonds is 6. The van der Waals surface area contributed by atoms with Crippen molar-refractivity contribution < 1.29 is 4.74 Å². The first-order valence-corrected chi connectivity index (χ1v) is 5.77. The Labute approximate surface area is 95.0 Å². The Bertz CT molecular complexity index is 246. The third kappa shape index (κ3) is 4.21. The molecule has 1 rings (SSSR count). The Morgan fingerprint density at radius 1 is 1.00 bits per heavy atom. The van der Waals surface area contributed by atoms with Crippen molar-refractivity contribution in [2.24, 2.45) is 0 Å². The summed E-state index contributed by atoms with van der Waals surface area (Å²) in [6.07, 6.45) is 2.00. The number of alkyl halides is 2. The summed E-state index contributed by atoms with van der Waals surface area (Å²) in [4.78, 5) is 0. The van der Waals surface area contributed by atoms with Crippen LogP contribution in [0.2, 0.25) is 0 Å². The van der Waals surface area contributed by atoms with Crippen molar-refractivity contribution in [3.63, 3.8) is 0 Å². The third-order valence-electron chi connectivity index (χ3n) is 1.87. The molecular formula is C11H14Cl2O. The molecule has 0 spiro atoms. The van der Waals surface area contributed by atoms with Gasteiger partial charge >= 0.3 is 0 Å². The summed E-state index contributed by atoms with van der Waals surface area (Å²) in [5.74, 6) is 2.15. The van der Waals surface area contributed by atoms with E-state index in [-0.39, 0.29) is 0 Å². The third-order valence-corrected chi connectivity index (χ3v) is 2.45. The molecule has 1 aromatic carbocycles. The van der Waals surface area contributed by atoms with E-state index in [4.69, 9.17) is 27.9 Å². The number of halogens is 2. The molecule has 0 atom stereocenters. The average Bonchev–Trinajstić information content (AvgIpc) is 2.25. The largest absolute Gasteiger partial charge is 0.494 e. The van der Waals surface area contributed by atoms with Gasteiger partial charge in [0.05, 0.1) is 6.61 Å². The maximum atomic E-state index is 5.67. The van der Waals surface area contributed by atoms with E-state index >= 15 is 0 Å². The summed E-state index contributed by atoms with van der Waals surface area (Å²) in [6.45, 7) is 0.729. The standard InChI is InChI=1S/C11H14Cl2O/c12-7-1-2-8-14-11-5-3-10(9-13)4-6-11/h3-6H,1-2,7-9H2. The predicted octanol–water partition coefficient (Wildman–Crippen LogP) is 3.82. The molecule has 0 radical (unpaired) electrons. The van der Waals surface area contributed by atoms with Gasteiger partial charge in [-0.3, -0.25) is 0 Å². The second-order valence-electron chi connectivity index (χ2n) is 3.02. The summed E-state index contributed by atoms with van der Waals surface area (Å²) in [6, 6.07) is 7.84. The minimum absolute atomic E-state index is 0.548. The van der Waals surface area contributed by atoms with Crippen molar-refractivity contribution in [1.82, 2.24) is 0 Å². The molecule has 0 aliphatic heterocycles. The summed E-state index contributed by atoms with van der Waals surface area (Å²) in [5, 5.41) is 0. The molecule has 0 saturated carbocycles. The number of ether oxygens (including phenoxy) is 1. The Morgan fingerprint density at radius 2 is 1.71 bits per heavy atom. The van der Waals surface area contributed by atoms with Crippen molar-refractivity contribution in [3.05, 3.63) is 29.8 Å². The zero-order chi connectivity index (χ0) is 10.2. The fourth-order valence-corrected chi connectivity index (χ4v) is 1.43. The van der Waals surface area contributed by atoms with Gasteiger partial charge in [0, 0.05) is 11.8 Å². The maximum Gasteiger partial charge on any atom is 0.119 e. The van der Waals surface area contributed by atoms with Crippen LogP contribution in [0.1, 0.15) is 18.4 Å². The molecule has 3 heteroatoms. The van der Waals surface area contributed by atoms with E-state index in [9.17, 15) is 0 Å². The normalized spacial score (nSPS) is 10.1. The van der Waals surface area contributed by atoms with Gasteiger partial charge in [0.2, 0.25) is 0 Å². The van der Waals surface area contributed by atoms with Gasteiger partial charge in [0.25, 0.3) is 0 Å². The van der Waals surface area contributed by atoms with Crippen LogP contribution in [-0.2, 0) is 5.88 Å².